The second kappa shape index (κ2) is 8.50. The molecule has 4 nitrogen and oxygen atoms in total. The van der Waals surface area contributed by atoms with Crippen LogP contribution in [0.15, 0.2) is 102 Å². The monoisotopic (exact) mass is 518 g/mol. The summed E-state index contributed by atoms with van der Waals surface area (Å²) in [5.74, 6) is 1.64. The van der Waals surface area contributed by atoms with E-state index < -0.39 is 11.1 Å². The number of nitrogens with zero attached hydrogens (tertiary/aromatic N) is 2. The lowest BCUT2D eigenvalue weighted by atomic mass is 9.75. The van der Waals surface area contributed by atoms with E-state index in [9.17, 15) is 0 Å². The summed E-state index contributed by atoms with van der Waals surface area (Å²) in [5, 5.41) is 5.24. The van der Waals surface area contributed by atoms with E-state index in [2.05, 4.69) is 55.1 Å². The molecule has 0 N–H and O–H groups in total. The SMILES string of the molecule is CC1(C)c2c(ccc3cc(Cl)ccc23)N(CCOc2ccccc2)C12C=Nc1c(ccc3ccccc13)O2. The maximum atomic E-state index is 7.07. The molecule has 1 unspecified atom stereocenters. The molecule has 5 aromatic rings. The van der Waals surface area contributed by atoms with E-state index in [0.717, 1.165) is 44.1 Å². The van der Waals surface area contributed by atoms with E-state index in [0.29, 0.717) is 13.2 Å². The summed E-state index contributed by atoms with van der Waals surface area (Å²) in [6.07, 6.45) is 2.01. The van der Waals surface area contributed by atoms with Crippen molar-refractivity contribution < 1.29 is 9.47 Å². The Kier molecular flexibility index (Phi) is 5.17. The third-order valence-electron chi connectivity index (χ3n) is 8.00. The van der Waals surface area contributed by atoms with E-state index >= 15 is 0 Å². The van der Waals surface area contributed by atoms with E-state index in [1.54, 1.807) is 0 Å². The van der Waals surface area contributed by atoms with Crippen LogP contribution in [0, 0.1) is 0 Å². The highest BCUT2D eigenvalue weighted by Crippen LogP contribution is 2.56. The van der Waals surface area contributed by atoms with Crippen molar-refractivity contribution in [2.45, 2.75) is 25.0 Å². The molecule has 0 amide bonds. The zero-order valence-corrected chi connectivity index (χ0v) is 22.1. The molecule has 2 aliphatic heterocycles. The van der Waals surface area contributed by atoms with Crippen molar-refractivity contribution in [1.29, 1.82) is 0 Å². The number of fused-ring (bicyclic) bond motifs is 6. The highest BCUT2D eigenvalue weighted by atomic mass is 35.5. The van der Waals surface area contributed by atoms with Gasteiger partial charge in [0.2, 0.25) is 5.72 Å². The van der Waals surface area contributed by atoms with Gasteiger partial charge in [0, 0.05) is 16.1 Å². The van der Waals surface area contributed by atoms with Gasteiger partial charge in [-0.3, -0.25) is 4.99 Å². The number of ether oxygens (including phenoxy) is 2. The average Bonchev–Trinajstić information content (AvgIpc) is 3.11. The Morgan fingerprint density at radius 1 is 0.842 bits per heavy atom. The fraction of sp³-hybridized carbons (Fsp3) is 0.182. The number of benzene rings is 5. The summed E-state index contributed by atoms with van der Waals surface area (Å²) in [6, 6.07) is 32.8. The third kappa shape index (κ3) is 3.33. The molecule has 2 aliphatic rings. The van der Waals surface area contributed by atoms with Gasteiger partial charge in [0.15, 0.2) is 0 Å². The first-order valence-electron chi connectivity index (χ1n) is 12.9. The molecule has 7 rings (SSSR count). The lowest BCUT2D eigenvalue weighted by molar-refractivity contribution is 0.0755. The van der Waals surface area contributed by atoms with Gasteiger partial charge in [-0.1, -0.05) is 72.3 Å². The molecule has 0 aromatic heterocycles. The van der Waals surface area contributed by atoms with E-state index in [1.807, 2.05) is 66.9 Å². The lowest BCUT2D eigenvalue weighted by Gasteiger charge is -2.46. The number of hydrogen-bond donors (Lipinski definition) is 0. The molecule has 5 aromatic carbocycles. The van der Waals surface area contributed by atoms with Gasteiger partial charge >= 0.3 is 0 Å². The zero-order chi connectivity index (χ0) is 25.9. The standard InChI is InChI=1S/C33H27ClN2O2/c1-32(2)30-26-15-14-24(34)20-23(26)12-16-28(30)36(18-19-37-25-9-4-3-5-10-25)33(32)21-35-31-27-11-7-6-8-22(27)13-17-29(31)38-33/h3-17,20-21H,18-19H2,1-2H3. The van der Waals surface area contributed by atoms with Gasteiger partial charge in [0.05, 0.1) is 18.2 Å². The molecule has 0 radical (unpaired) electrons. The Balaban J connectivity index is 1.37. The maximum absolute atomic E-state index is 7.07. The Morgan fingerprint density at radius 2 is 1.63 bits per heavy atom. The van der Waals surface area contributed by atoms with Gasteiger partial charge in [-0.15, -0.1) is 0 Å². The number of hydrogen-bond acceptors (Lipinski definition) is 4. The minimum Gasteiger partial charge on any atom is -0.492 e. The van der Waals surface area contributed by atoms with Gasteiger partial charge in [-0.2, -0.15) is 0 Å². The van der Waals surface area contributed by atoms with Crippen LogP contribution >= 0.6 is 11.6 Å². The van der Waals surface area contributed by atoms with Gasteiger partial charge in [0.1, 0.15) is 23.8 Å². The normalized spacial score (nSPS) is 19.0. The lowest BCUT2D eigenvalue weighted by Crippen LogP contribution is -2.63. The third-order valence-corrected chi connectivity index (χ3v) is 8.23. The van der Waals surface area contributed by atoms with Gasteiger partial charge in [-0.05, 0) is 72.0 Å². The molecule has 0 aliphatic carbocycles. The second-order valence-corrected chi connectivity index (χ2v) is 10.9. The zero-order valence-electron chi connectivity index (χ0n) is 21.3. The van der Waals surface area contributed by atoms with Crippen LogP contribution in [-0.2, 0) is 5.41 Å². The maximum Gasteiger partial charge on any atom is 0.229 e. The van der Waals surface area contributed by atoms with Gasteiger partial charge < -0.3 is 14.4 Å². The fourth-order valence-corrected chi connectivity index (χ4v) is 6.32. The Morgan fingerprint density at radius 3 is 2.50 bits per heavy atom. The minimum atomic E-state index is -0.835. The summed E-state index contributed by atoms with van der Waals surface area (Å²) in [6.45, 7) is 5.62. The molecule has 5 heteroatoms. The molecule has 1 atom stereocenters. The highest BCUT2D eigenvalue weighted by Gasteiger charge is 2.60. The van der Waals surface area contributed by atoms with E-state index in [1.165, 1.54) is 10.9 Å². The van der Waals surface area contributed by atoms with Crippen molar-refractivity contribution >= 4 is 50.7 Å². The number of anilines is 1. The molecule has 0 saturated heterocycles. The first kappa shape index (κ1) is 23.1. The van der Waals surface area contributed by atoms with E-state index in [-0.39, 0.29) is 0 Å². The van der Waals surface area contributed by atoms with Gasteiger partial charge in [0.25, 0.3) is 0 Å². The average molecular weight is 519 g/mol. The number of rotatable bonds is 4. The van der Waals surface area contributed by atoms with Crippen LogP contribution in [0.3, 0.4) is 0 Å². The van der Waals surface area contributed by atoms with Crippen LogP contribution in [0.2, 0.25) is 5.02 Å². The number of aliphatic imine (C=N–C) groups is 1. The molecule has 0 saturated carbocycles. The van der Waals surface area contributed by atoms with Crippen LogP contribution < -0.4 is 14.4 Å². The quantitative estimate of drug-likeness (QED) is 0.240. The molecule has 38 heavy (non-hydrogen) atoms. The summed E-state index contributed by atoms with van der Waals surface area (Å²) in [5.41, 5.74) is 1.95. The predicted molar refractivity (Wildman–Crippen MR) is 157 cm³/mol. The summed E-state index contributed by atoms with van der Waals surface area (Å²) < 4.78 is 13.2. The van der Waals surface area contributed by atoms with Crippen LogP contribution in [0.25, 0.3) is 21.5 Å². The van der Waals surface area contributed by atoms with Crippen LogP contribution in [0.4, 0.5) is 11.4 Å². The van der Waals surface area contributed by atoms with Crippen molar-refractivity contribution in [3.05, 3.63) is 108 Å². The van der Waals surface area contributed by atoms with Crippen molar-refractivity contribution in [3.8, 4) is 11.5 Å². The smallest absolute Gasteiger partial charge is 0.229 e. The first-order chi connectivity index (χ1) is 18.5. The van der Waals surface area contributed by atoms with Crippen LogP contribution in [0.1, 0.15) is 19.4 Å². The van der Waals surface area contributed by atoms with E-state index in [4.69, 9.17) is 26.1 Å². The van der Waals surface area contributed by atoms with Crippen LogP contribution in [-0.4, -0.2) is 25.1 Å². The van der Waals surface area contributed by atoms with Crippen molar-refractivity contribution in [2.75, 3.05) is 18.1 Å². The largest absolute Gasteiger partial charge is 0.492 e. The molecule has 0 bridgehead atoms. The highest BCUT2D eigenvalue weighted by molar-refractivity contribution is 6.31. The van der Waals surface area contributed by atoms with Crippen molar-refractivity contribution in [3.63, 3.8) is 0 Å². The molecule has 188 valence electrons. The topological polar surface area (TPSA) is 34.1 Å². The van der Waals surface area contributed by atoms with Crippen LogP contribution in [0.5, 0.6) is 11.5 Å². The van der Waals surface area contributed by atoms with Gasteiger partial charge in [-0.25, -0.2) is 0 Å². The number of para-hydroxylation sites is 1. The first-order valence-corrected chi connectivity index (χ1v) is 13.3. The summed E-state index contributed by atoms with van der Waals surface area (Å²) in [4.78, 5) is 7.41. The Bertz CT molecular complexity index is 1730. The fourth-order valence-electron chi connectivity index (χ4n) is 6.13. The second-order valence-electron chi connectivity index (χ2n) is 10.5. The predicted octanol–water partition coefficient (Wildman–Crippen LogP) is 8.31. The molecular formula is C33H27ClN2O2. The molecule has 0 fully saturated rings. The molecular weight excluding hydrogens is 492 g/mol. The summed E-state index contributed by atoms with van der Waals surface area (Å²) in [7, 11) is 0. The molecule has 1 spiro atoms. The summed E-state index contributed by atoms with van der Waals surface area (Å²) >= 11 is 6.37. The Labute approximate surface area is 227 Å². The van der Waals surface area contributed by atoms with Crippen molar-refractivity contribution in [1.82, 2.24) is 0 Å². The number of halogens is 1. The minimum absolute atomic E-state index is 0.435. The molecule has 2 heterocycles. The van der Waals surface area contributed by atoms with Crippen molar-refractivity contribution in [2.24, 2.45) is 4.99 Å². The Hall–Kier alpha value is -4.02.